The summed E-state index contributed by atoms with van der Waals surface area (Å²) in [5.41, 5.74) is 2.49. The second kappa shape index (κ2) is 4.81. The molecule has 1 fully saturated rings. The third kappa shape index (κ3) is 2.34. The van der Waals surface area contributed by atoms with E-state index in [1.165, 1.54) is 12.8 Å². The van der Waals surface area contributed by atoms with Crippen LogP contribution in [-0.4, -0.2) is 37.1 Å². The van der Waals surface area contributed by atoms with Crippen molar-refractivity contribution in [3.63, 3.8) is 0 Å². The standard InChI is InChI=1S/C11H16N8/c1-2-19(8-3-4-8)11-15-9(17-12)14-10(16-11)18-6-5-13-7-18/h5-8H,2-4,12H2,1H3,(H,14,15,16,17). The lowest BCUT2D eigenvalue weighted by molar-refractivity contribution is 0.767. The molecule has 0 spiro atoms. The number of rotatable bonds is 5. The Labute approximate surface area is 110 Å². The number of aromatic nitrogens is 5. The van der Waals surface area contributed by atoms with Crippen LogP contribution in [0.5, 0.6) is 0 Å². The predicted molar refractivity (Wildman–Crippen MR) is 70.8 cm³/mol. The monoisotopic (exact) mass is 260 g/mol. The van der Waals surface area contributed by atoms with Crippen LogP contribution in [0.3, 0.4) is 0 Å². The van der Waals surface area contributed by atoms with Gasteiger partial charge in [0.1, 0.15) is 6.33 Å². The minimum Gasteiger partial charge on any atom is -0.338 e. The first kappa shape index (κ1) is 11.8. The van der Waals surface area contributed by atoms with E-state index in [-0.39, 0.29) is 0 Å². The lowest BCUT2D eigenvalue weighted by Crippen LogP contribution is -2.28. The van der Waals surface area contributed by atoms with Crippen molar-refractivity contribution >= 4 is 11.9 Å². The van der Waals surface area contributed by atoms with Crippen LogP contribution in [-0.2, 0) is 0 Å². The zero-order valence-electron chi connectivity index (χ0n) is 10.7. The van der Waals surface area contributed by atoms with Crippen molar-refractivity contribution < 1.29 is 0 Å². The van der Waals surface area contributed by atoms with Crippen LogP contribution in [0.4, 0.5) is 11.9 Å². The molecule has 0 aliphatic heterocycles. The molecule has 8 nitrogen and oxygen atoms in total. The van der Waals surface area contributed by atoms with E-state index in [4.69, 9.17) is 5.84 Å². The number of anilines is 2. The lowest BCUT2D eigenvalue weighted by atomic mass is 10.5. The van der Waals surface area contributed by atoms with Gasteiger partial charge in [0.25, 0.3) is 0 Å². The number of nitrogens with zero attached hydrogens (tertiary/aromatic N) is 6. The van der Waals surface area contributed by atoms with Crippen LogP contribution in [0.1, 0.15) is 19.8 Å². The Kier molecular flexibility index (Phi) is 3.00. The van der Waals surface area contributed by atoms with Crippen LogP contribution < -0.4 is 16.2 Å². The Morgan fingerprint density at radius 2 is 2.26 bits per heavy atom. The van der Waals surface area contributed by atoms with Gasteiger partial charge in [-0.25, -0.2) is 10.8 Å². The molecule has 1 aliphatic carbocycles. The Hall–Kier alpha value is -2.22. The number of imidazole rings is 1. The minimum atomic E-state index is 0.354. The molecule has 0 bridgehead atoms. The summed E-state index contributed by atoms with van der Waals surface area (Å²) in [6, 6.07) is 0.536. The second-order valence-electron chi connectivity index (χ2n) is 4.39. The first-order valence-electron chi connectivity index (χ1n) is 6.29. The molecule has 100 valence electrons. The number of hydrogen-bond acceptors (Lipinski definition) is 7. The molecule has 8 heteroatoms. The van der Waals surface area contributed by atoms with Crippen LogP contribution >= 0.6 is 0 Å². The van der Waals surface area contributed by atoms with Crippen LogP contribution in [0.25, 0.3) is 5.95 Å². The average molecular weight is 260 g/mol. The van der Waals surface area contributed by atoms with Crippen LogP contribution in [0.15, 0.2) is 18.7 Å². The Balaban J connectivity index is 2.01. The zero-order chi connectivity index (χ0) is 13.2. The van der Waals surface area contributed by atoms with E-state index in [2.05, 4.69) is 37.2 Å². The summed E-state index contributed by atoms with van der Waals surface area (Å²) < 4.78 is 1.73. The van der Waals surface area contributed by atoms with Crippen LogP contribution in [0.2, 0.25) is 0 Å². The van der Waals surface area contributed by atoms with Crippen molar-refractivity contribution in [2.24, 2.45) is 5.84 Å². The summed E-state index contributed by atoms with van der Waals surface area (Å²) in [6.45, 7) is 2.95. The van der Waals surface area contributed by atoms with Crippen molar-refractivity contribution in [3.05, 3.63) is 18.7 Å². The lowest BCUT2D eigenvalue weighted by Gasteiger charge is -2.20. The van der Waals surface area contributed by atoms with Gasteiger partial charge in [0.2, 0.25) is 17.8 Å². The number of nitrogens with one attached hydrogen (secondary N) is 1. The highest BCUT2D eigenvalue weighted by molar-refractivity contribution is 5.41. The third-order valence-corrected chi connectivity index (χ3v) is 3.06. The molecular weight excluding hydrogens is 244 g/mol. The van der Waals surface area contributed by atoms with Gasteiger partial charge in [-0.3, -0.25) is 9.99 Å². The van der Waals surface area contributed by atoms with Crippen molar-refractivity contribution in [2.45, 2.75) is 25.8 Å². The summed E-state index contributed by atoms with van der Waals surface area (Å²) in [4.78, 5) is 19.2. The summed E-state index contributed by atoms with van der Waals surface area (Å²) in [6.07, 6.45) is 7.48. The maximum absolute atomic E-state index is 5.43. The van der Waals surface area contributed by atoms with Crippen molar-refractivity contribution in [1.82, 2.24) is 24.5 Å². The Bertz CT molecular complexity index is 548. The molecule has 0 saturated heterocycles. The third-order valence-electron chi connectivity index (χ3n) is 3.06. The van der Waals surface area contributed by atoms with E-state index in [1.54, 1.807) is 23.3 Å². The molecule has 19 heavy (non-hydrogen) atoms. The molecular formula is C11H16N8. The quantitative estimate of drug-likeness (QED) is 0.590. The van der Waals surface area contributed by atoms with Gasteiger partial charge < -0.3 is 4.90 Å². The SMILES string of the molecule is CCN(c1nc(NN)nc(-n2ccnc2)n1)C1CC1. The number of nitrogen functional groups attached to an aromatic ring is 1. The minimum absolute atomic E-state index is 0.354. The molecule has 2 aromatic heterocycles. The molecule has 2 heterocycles. The maximum atomic E-state index is 5.43. The highest BCUT2D eigenvalue weighted by Gasteiger charge is 2.30. The van der Waals surface area contributed by atoms with Gasteiger partial charge in [-0.1, -0.05) is 0 Å². The fourth-order valence-electron chi connectivity index (χ4n) is 1.99. The van der Waals surface area contributed by atoms with E-state index < -0.39 is 0 Å². The summed E-state index contributed by atoms with van der Waals surface area (Å²) in [5.74, 6) is 6.94. The Morgan fingerprint density at radius 1 is 1.42 bits per heavy atom. The summed E-state index contributed by atoms with van der Waals surface area (Å²) >= 11 is 0. The van der Waals surface area contributed by atoms with E-state index in [0.717, 1.165) is 6.54 Å². The smallest absolute Gasteiger partial charge is 0.243 e. The van der Waals surface area contributed by atoms with E-state index >= 15 is 0 Å². The normalized spacial score (nSPS) is 14.4. The molecule has 0 amide bonds. The Morgan fingerprint density at radius 3 is 2.84 bits per heavy atom. The summed E-state index contributed by atoms with van der Waals surface area (Å²) in [5, 5.41) is 0. The summed E-state index contributed by atoms with van der Waals surface area (Å²) in [7, 11) is 0. The molecule has 0 aromatic carbocycles. The molecule has 1 saturated carbocycles. The number of hydrazine groups is 1. The van der Waals surface area contributed by atoms with Gasteiger partial charge in [-0.15, -0.1) is 0 Å². The van der Waals surface area contributed by atoms with Gasteiger partial charge >= 0.3 is 0 Å². The predicted octanol–water partition coefficient (Wildman–Crippen LogP) is 0.332. The van der Waals surface area contributed by atoms with E-state index in [9.17, 15) is 0 Å². The van der Waals surface area contributed by atoms with Crippen molar-refractivity contribution in [3.8, 4) is 5.95 Å². The first-order valence-corrected chi connectivity index (χ1v) is 6.29. The van der Waals surface area contributed by atoms with Gasteiger partial charge in [0.15, 0.2) is 0 Å². The molecule has 0 radical (unpaired) electrons. The zero-order valence-corrected chi connectivity index (χ0v) is 10.7. The molecule has 3 N–H and O–H groups in total. The molecule has 1 aliphatic rings. The highest BCUT2D eigenvalue weighted by atomic mass is 15.4. The number of hydrogen-bond donors (Lipinski definition) is 2. The fourth-order valence-corrected chi connectivity index (χ4v) is 1.99. The molecule has 2 aromatic rings. The molecule has 0 unspecified atom stereocenters. The van der Waals surface area contributed by atoms with E-state index in [0.29, 0.717) is 23.9 Å². The maximum Gasteiger partial charge on any atom is 0.243 e. The average Bonchev–Trinajstić information content (AvgIpc) is 3.12. The number of nitrogens with two attached hydrogens (primary N) is 1. The van der Waals surface area contributed by atoms with Crippen molar-refractivity contribution in [2.75, 3.05) is 16.9 Å². The van der Waals surface area contributed by atoms with Crippen molar-refractivity contribution in [1.29, 1.82) is 0 Å². The second-order valence-corrected chi connectivity index (χ2v) is 4.39. The van der Waals surface area contributed by atoms with Gasteiger partial charge in [0.05, 0.1) is 0 Å². The van der Waals surface area contributed by atoms with Gasteiger partial charge in [-0.2, -0.15) is 15.0 Å². The fraction of sp³-hybridized carbons (Fsp3) is 0.455. The molecule has 3 rings (SSSR count). The van der Waals surface area contributed by atoms with E-state index in [1.807, 2.05) is 0 Å². The topological polar surface area (TPSA) is 97.8 Å². The largest absolute Gasteiger partial charge is 0.338 e. The van der Waals surface area contributed by atoms with Crippen LogP contribution in [0, 0.1) is 0 Å². The highest BCUT2D eigenvalue weighted by Crippen LogP contribution is 2.29. The molecule has 0 atom stereocenters. The first-order chi connectivity index (χ1) is 9.31. The van der Waals surface area contributed by atoms with Gasteiger partial charge in [-0.05, 0) is 19.8 Å². The van der Waals surface area contributed by atoms with Gasteiger partial charge in [0, 0.05) is 25.0 Å².